The quantitative estimate of drug-likeness (QED) is 0.352. The number of allylic oxidation sites excluding steroid dienone is 1. The van der Waals surface area contributed by atoms with E-state index in [1.165, 1.54) is 12.1 Å². The smallest absolute Gasteiger partial charge is 0.166 e. The first kappa shape index (κ1) is 23.6. The Hall–Kier alpha value is -3.10. The van der Waals surface area contributed by atoms with Gasteiger partial charge in [0.05, 0.1) is 5.71 Å². The molecule has 7 N–H and O–H groups in total. The molecule has 170 valence electrons. The first-order valence-corrected chi connectivity index (χ1v) is 10.7. The number of hydrogen-bond acceptors (Lipinski definition) is 7. The van der Waals surface area contributed by atoms with E-state index in [-0.39, 0.29) is 11.5 Å². The molecule has 9 heteroatoms. The van der Waals surface area contributed by atoms with Gasteiger partial charge in [-0.3, -0.25) is 5.41 Å². The van der Waals surface area contributed by atoms with Crippen LogP contribution in [0.25, 0.3) is 5.70 Å². The lowest BCUT2D eigenvalue weighted by Gasteiger charge is -2.25. The summed E-state index contributed by atoms with van der Waals surface area (Å²) in [5.74, 6) is 0.131. The lowest BCUT2D eigenvalue weighted by molar-refractivity contribution is 0.227. The van der Waals surface area contributed by atoms with Gasteiger partial charge in [0, 0.05) is 54.8 Å². The van der Waals surface area contributed by atoms with Crippen molar-refractivity contribution in [1.29, 1.82) is 5.41 Å². The highest BCUT2D eigenvalue weighted by Crippen LogP contribution is 2.34. The lowest BCUT2D eigenvalue weighted by Crippen LogP contribution is -2.25. The minimum Gasteiger partial charge on any atom is -0.482 e. The summed E-state index contributed by atoms with van der Waals surface area (Å²) in [6.45, 7) is 4.36. The number of benzene rings is 1. The van der Waals surface area contributed by atoms with Crippen LogP contribution in [0.1, 0.15) is 43.1 Å². The second kappa shape index (κ2) is 10.0. The number of fused-ring (bicyclic) bond motifs is 3. The van der Waals surface area contributed by atoms with E-state index >= 15 is 0 Å². The zero-order valence-electron chi connectivity index (χ0n) is 18.3. The van der Waals surface area contributed by atoms with E-state index in [0.717, 1.165) is 0 Å². The van der Waals surface area contributed by atoms with Crippen molar-refractivity contribution in [1.82, 2.24) is 15.6 Å². The van der Waals surface area contributed by atoms with E-state index in [0.29, 0.717) is 52.2 Å². The molecule has 2 unspecified atom stereocenters. The van der Waals surface area contributed by atoms with Gasteiger partial charge in [0.15, 0.2) is 11.6 Å². The molecule has 0 radical (unpaired) electrons. The molecule has 0 aliphatic carbocycles. The average Bonchev–Trinajstić information content (AvgIpc) is 2.75. The molecule has 2 aromatic rings. The van der Waals surface area contributed by atoms with Gasteiger partial charge in [-0.05, 0) is 49.3 Å². The largest absolute Gasteiger partial charge is 0.482 e. The highest BCUT2D eigenvalue weighted by atomic mass is 35.5. The molecule has 2 bridgehead atoms. The van der Waals surface area contributed by atoms with Crippen molar-refractivity contribution in [3.63, 3.8) is 0 Å². The van der Waals surface area contributed by atoms with E-state index in [9.17, 15) is 4.39 Å². The molecule has 1 aliphatic rings. The van der Waals surface area contributed by atoms with Crippen LogP contribution in [0.15, 0.2) is 47.8 Å². The molecule has 0 saturated heterocycles. The molecule has 0 amide bonds. The van der Waals surface area contributed by atoms with Crippen LogP contribution in [-0.4, -0.2) is 29.8 Å². The maximum absolute atomic E-state index is 14.2. The maximum Gasteiger partial charge on any atom is 0.166 e. The van der Waals surface area contributed by atoms with Gasteiger partial charge >= 0.3 is 0 Å². The molecule has 1 aliphatic heterocycles. The fraction of sp³-hybridized carbons (Fsp3) is 0.304. The number of alkyl halides is 1. The van der Waals surface area contributed by atoms with Crippen molar-refractivity contribution in [2.45, 2.75) is 31.9 Å². The van der Waals surface area contributed by atoms with Crippen LogP contribution in [0.3, 0.4) is 0 Å². The first-order valence-electron chi connectivity index (χ1n) is 10.3. The molecular formula is C23H28ClFN6O. The van der Waals surface area contributed by atoms with Crippen LogP contribution in [-0.2, 0) is 0 Å². The molecule has 32 heavy (non-hydrogen) atoms. The number of halogens is 2. The Bertz CT molecular complexity index is 1080. The van der Waals surface area contributed by atoms with Crippen LogP contribution in [0.2, 0.25) is 0 Å². The summed E-state index contributed by atoms with van der Waals surface area (Å²) in [6, 6.07) is 6.05. The number of anilines is 1. The molecule has 0 spiro atoms. The molecule has 7 nitrogen and oxygen atoms in total. The number of hydrogen-bond donors (Lipinski definition) is 5. The van der Waals surface area contributed by atoms with Crippen molar-refractivity contribution >= 4 is 28.8 Å². The first-order chi connectivity index (χ1) is 15.3. The zero-order chi connectivity index (χ0) is 23.4. The third kappa shape index (κ3) is 4.87. The number of nitrogens with two attached hydrogens (primary N) is 2. The second-order valence-corrected chi connectivity index (χ2v) is 7.91. The summed E-state index contributed by atoms with van der Waals surface area (Å²) in [5, 5.41) is 15.2. The average molecular weight is 459 g/mol. The summed E-state index contributed by atoms with van der Waals surface area (Å²) < 4.78 is 20.3. The Labute approximate surface area is 192 Å². The van der Waals surface area contributed by atoms with E-state index in [1.54, 1.807) is 38.5 Å². The van der Waals surface area contributed by atoms with Crippen LogP contribution < -0.4 is 26.8 Å². The molecule has 0 fully saturated rings. The third-order valence-electron chi connectivity index (χ3n) is 5.22. The molecule has 2 atom stereocenters. The standard InChI is InChI=1S/C23H28ClFN6O/c1-4-30-21-14-8-19(23(28)31-11-14)32-12(2)17-9-15(25)5-6-16(17)20(26)13(10-29-3)7-18(21)22(24)27/h5-6,8-12,22,26,29-30H,4,7,27H2,1-3H3,(H2,28,31)/b13-10-,21-18-,26-20?. The summed E-state index contributed by atoms with van der Waals surface area (Å²) in [6.07, 6.45) is 3.05. The summed E-state index contributed by atoms with van der Waals surface area (Å²) in [5.41, 5.74) is 15.4. The fourth-order valence-electron chi connectivity index (χ4n) is 3.70. The van der Waals surface area contributed by atoms with Gasteiger partial charge < -0.3 is 26.8 Å². The number of pyridine rings is 1. The van der Waals surface area contributed by atoms with Gasteiger partial charge in [-0.25, -0.2) is 9.37 Å². The third-order valence-corrected chi connectivity index (χ3v) is 5.49. The number of rotatable bonds is 4. The minimum absolute atomic E-state index is 0.203. The van der Waals surface area contributed by atoms with Crippen LogP contribution in [0, 0.1) is 11.2 Å². The topological polar surface area (TPSA) is 122 Å². The maximum atomic E-state index is 14.2. The van der Waals surface area contributed by atoms with Gasteiger partial charge in [0.2, 0.25) is 0 Å². The van der Waals surface area contributed by atoms with E-state index in [1.807, 2.05) is 6.92 Å². The van der Waals surface area contributed by atoms with Crippen LogP contribution in [0.5, 0.6) is 5.75 Å². The van der Waals surface area contributed by atoms with E-state index in [4.69, 9.17) is 33.2 Å². The summed E-state index contributed by atoms with van der Waals surface area (Å²) in [7, 11) is 1.75. The molecule has 1 aromatic heterocycles. The highest BCUT2D eigenvalue weighted by Gasteiger charge is 2.24. The van der Waals surface area contributed by atoms with E-state index in [2.05, 4.69) is 15.6 Å². The summed E-state index contributed by atoms with van der Waals surface area (Å²) >= 11 is 6.42. The van der Waals surface area contributed by atoms with Crippen molar-refractivity contribution in [2.24, 2.45) is 5.73 Å². The van der Waals surface area contributed by atoms with Gasteiger partial charge in [-0.15, -0.1) is 11.6 Å². The Morgan fingerprint density at radius 1 is 1.41 bits per heavy atom. The second-order valence-electron chi connectivity index (χ2n) is 7.44. The highest BCUT2D eigenvalue weighted by molar-refractivity contribution is 6.22. The molecular weight excluding hydrogens is 431 g/mol. The number of nitrogens with one attached hydrogen (secondary N) is 3. The van der Waals surface area contributed by atoms with Gasteiger partial charge in [0.25, 0.3) is 0 Å². The SMILES string of the molecule is CCN/C1=C(\C(N)Cl)C/C(=C/NC)C(=N)c2ccc(F)cc2C(C)Oc2cc1cnc2N. The Balaban J connectivity index is 2.34. The number of ether oxygens (including phenoxy) is 1. The van der Waals surface area contributed by atoms with Gasteiger partial charge in [-0.1, -0.05) is 0 Å². The number of nitrogens with zero attached hydrogens (tertiary/aromatic N) is 1. The van der Waals surface area contributed by atoms with Crippen molar-refractivity contribution < 1.29 is 9.13 Å². The zero-order valence-corrected chi connectivity index (χ0v) is 19.1. The van der Waals surface area contributed by atoms with Crippen LogP contribution >= 0.6 is 11.6 Å². The Morgan fingerprint density at radius 2 is 2.16 bits per heavy atom. The van der Waals surface area contributed by atoms with Crippen molar-refractivity contribution in [2.75, 3.05) is 19.3 Å². The fourth-order valence-corrected chi connectivity index (χ4v) is 3.89. The number of nitrogen functional groups attached to an aromatic ring is 1. The molecule has 2 heterocycles. The summed E-state index contributed by atoms with van der Waals surface area (Å²) in [4.78, 5) is 4.28. The Kier molecular flexibility index (Phi) is 7.37. The molecule has 1 aromatic carbocycles. The van der Waals surface area contributed by atoms with Crippen LogP contribution in [0.4, 0.5) is 10.2 Å². The normalized spacial score (nSPS) is 21.1. The monoisotopic (exact) mass is 458 g/mol. The Morgan fingerprint density at radius 3 is 2.81 bits per heavy atom. The predicted octanol–water partition coefficient (Wildman–Crippen LogP) is 3.66. The van der Waals surface area contributed by atoms with Crippen molar-refractivity contribution in [3.8, 4) is 5.75 Å². The van der Waals surface area contributed by atoms with Gasteiger partial charge in [0.1, 0.15) is 17.4 Å². The van der Waals surface area contributed by atoms with Crippen molar-refractivity contribution in [3.05, 3.63) is 70.3 Å². The number of aromatic nitrogens is 1. The van der Waals surface area contributed by atoms with Gasteiger partial charge in [-0.2, -0.15) is 0 Å². The minimum atomic E-state index is -0.825. The predicted molar refractivity (Wildman–Crippen MR) is 127 cm³/mol. The molecule has 3 rings (SSSR count). The molecule has 0 saturated carbocycles. The van der Waals surface area contributed by atoms with E-state index < -0.39 is 17.4 Å². The lowest BCUT2D eigenvalue weighted by atomic mass is 9.90.